The van der Waals surface area contributed by atoms with Crippen LogP contribution >= 0.6 is 0 Å². The van der Waals surface area contributed by atoms with Crippen molar-refractivity contribution in [3.8, 4) is 5.75 Å². The van der Waals surface area contributed by atoms with Gasteiger partial charge in [-0.3, -0.25) is 19.3 Å². The van der Waals surface area contributed by atoms with E-state index in [1.165, 1.54) is 29.2 Å². The first kappa shape index (κ1) is 23.8. The van der Waals surface area contributed by atoms with Crippen LogP contribution in [0.1, 0.15) is 23.7 Å². The molecule has 9 heteroatoms. The number of nitrogens with zero attached hydrogens (tertiary/aromatic N) is 3. The van der Waals surface area contributed by atoms with E-state index in [9.17, 15) is 18.8 Å². The molecule has 0 aromatic heterocycles. The SMILES string of the molecule is CCOc1ccc(N2C(=O)CC(N(CCN3CCOCC3)C(=O)c3ccc(F)cc3)C2=O)cc1. The molecule has 4 rings (SSSR count). The maximum absolute atomic E-state index is 13.4. The van der Waals surface area contributed by atoms with Crippen molar-refractivity contribution in [2.75, 3.05) is 50.9 Å². The maximum Gasteiger partial charge on any atom is 0.257 e. The first-order chi connectivity index (χ1) is 16.5. The summed E-state index contributed by atoms with van der Waals surface area (Å²) in [4.78, 5) is 44.4. The highest BCUT2D eigenvalue weighted by Gasteiger charge is 2.44. The molecule has 0 N–H and O–H groups in total. The Labute approximate surface area is 197 Å². The summed E-state index contributed by atoms with van der Waals surface area (Å²) in [5, 5.41) is 0. The van der Waals surface area contributed by atoms with Gasteiger partial charge in [0.15, 0.2) is 0 Å². The largest absolute Gasteiger partial charge is 0.494 e. The summed E-state index contributed by atoms with van der Waals surface area (Å²) in [7, 11) is 0. The van der Waals surface area contributed by atoms with Crippen molar-refractivity contribution in [2.45, 2.75) is 19.4 Å². The average molecular weight is 470 g/mol. The molecular formula is C25H28FN3O5. The molecule has 2 aromatic carbocycles. The van der Waals surface area contributed by atoms with Crippen LogP contribution in [0.15, 0.2) is 48.5 Å². The first-order valence-corrected chi connectivity index (χ1v) is 11.4. The summed E-state index contributed by atoms with van der Waals surface area (Å²) in [6.07, 6.45) is -0.109. The minimum atomic E-state index is -0.933. The fourth-order valence-corrected chi connectivity index (χ4v) is 4.22. The lowest BCUT2D eigenvalue weighted by Crippen LogP contribution is -2.49. The topological polar surface area (TPSA) is 79.4 Å². The number of carbonyl (C=O) groups excluding carboxylic acids is 3. The maximum atomic E-state index is 13.4. The van der Waals surface area contributed by atoms with Gasteiger partial charge >= 0.3 is 0 Å². The minimum Gasteiger partial charge on any atom is -0.494 e. The Balaban J connectivity index is 1.56. The molecule has 2 saturated heterocycles. The van der Waals surface area contributed by atoms with E-state index in [4.69, 9.17) is 9.47 Å². The summed E-state index contributed by atoms with van der Waals surface area (Å²) >= 11 is 0. The zero-order valence-electron chi connectivity index (χ0n) is 19.1. The highest BCUT2D eigenvalue weighted by Crippen LogP contribution is 2.28. The van der Waals surface area contributed by atoms with Gasteiger partial charge < -0.3 is 14.4 Å². The number of ether oxygens (including phenoxy) is 2. The predicted molar refractivity (Wildman–Crippen MR) is 123 cm³/mol. The van der Waals surface area contributed by atoms with Gasteiger partial charge in [0, 0.05) is 31.7 Å². The number of hydrogen-bond acceptors (Lipinski definition) is 6. The second-order valence-corrected chi connectivity index (χ2v) is 8.17. The van der Waals surface area contributed by atoms with Gasteiger partial charge in [-0.15, -0.1) is 0 Å². The van der Waals surface area contributed by atoms with Crippen LogP contribution in [0.2, 0.25) is 0 Å². The van der Waals surface area contributed by atoms with Gasteiger partial charge in [0.1, 0.15) is 17.6 Å². The number of carbonyl (C=O) groups is 3. The zero-order chi connectivity index (χ0) is 24.1. The Morgan fingerprint density at radius 2 is 1.76 bits per heavy atom. The molecule has 180 valence electrons. The smallest absolute Gasteiger partial charge is 0.257 e. The molecule has 0 aliphatic carbocycles. The number of amides is 3. The molecule has 0 radical (unpaired) electrons. The van der Waals surface area contributed by atoms with E-state index < -0.39 is 23.7 Å². The number of halogens is 1. The monoisotopic (exact) mass is 469 g/mol. The van der Waals surface area contributed by atoms with Crippen molar-refractivity contribution in [3.05, 3.63) is 59.9 Å². The van der Waals surface area contributed by atoms with Crippen molar-refractivity contribution < 1.29 is 28.2 Å². The molecule has 34 heavy (non-hydrogen) atoms. The quantitative estimate of drug-likeness (QED) is 0.553. The van der Waals surface area contributed by atoms with Crippen LogP contribution in [0.3, 0.4) is 0 Å². The van der Waals surface area contributed by atoms with Gasteiger partial charge in [-0.1, -0.05) is 0 Å². The molecule has 2 aliphatic heterocycles. The standard InChI is InChI=1S/C25H28FN3O5/c1-2-34-21-9-7-20(8-10-21)29-23(30)17-22(25(29)32)28(12-11-27-13-15-33-16-14-27)24(31)18-3-5-19(26)6-4-18/h3-10,22H,2,11-17H2,1H3. The molecule has 3 amide bonds. The van der Waals surface area contributed by atoms with Gasteiger partial charge in [-0.25, -0.2) is 9.29 Å². The fraction of sp³-hybridized carbons (Fsp3) is 0.400. The van der Waals surface area contributed by atoms with E-state index in [0.717, 1.165) is 18.0 Å². The van der Waals surface area contributed by atoms with E-state index in [-0.39, 0.29) is 24.4 Å². The lowest BCUT2D eigenvalue weighted by atomic mass is 10.1. The van der Waals surface area contributed by atoms with Gasteiger partial charge in [0.2, 0.25) is 5.91 Å². The molecule has 2 fully saturated rings. The van der Waals surface area contributed by atoms with Gasteiger partial charge in [0.25, 0.3) is 11.8 Å². The van der Waals surface area contributed by atoms with Crippen LogP contribution in [0.5, 0.6) is 5.75 Å². The summed E-state index contributed by atoms with van der Waals surface area (Å²) < 4.78 is 24.2. The average Bonchev–Trinajstić information content (AvgIpc) is 3.14. The number of morpholine rings is 1. The number of imide groups is 1. The second kappa shape index (κ2) is 10.8. The fourth-order valence-electron chi connectivity index (χ4n) is 4.22. The van der Waals surface area contributed by atoms with Crippen molar-refractivity contribution in [1.82, 2.24) is 9.80 Å². The molecule has 8 nitrogen and oxygen atoms in total. The number of anilines is 1. The Morgan fingerprint density at radius 1 is 1.09 bits per heavy atom. The van der Waals surface area contributed by atoms with E-state index >= 15 is 0 Å². The molecule has 0 saturated carbocycles. The van der Waals surface area contributed by atoms with Gasteiger partial charge in [0.05, 0.1) is 31.9 Å². The third-order valence-corrected chi connectivity index (χ3v) is 6.02. The van der Waals surface area contributed by atoms with Crippen LogP contribution in [-0.2, 0) is 14.3 Å². The summed E-state index contributed by atoms with van der Waals surface area (Å²) in [6.45, 7) is 5.86. The second-order valence-electron chi connectivity index (χ2n) is 8.17. The highest BCUT2D eigenvalue weighted by molar-refractivity contribution is 6.23. The van der Waals surface area contributed by atoms with E-state index in [1.807, 2.05) is 6.92 Å². The third-order valence-electron chi connectivity index (χ3n) is 6.02. The van der Waals surface area contributed by atoms with Gasteiger partial charge in [-0.2, -0.15) is 0 Å². The van der Waals surface area contributed by atoms with E-state index in [0.29, 0.717) is 37.8 Å². The normalized spacial score (nSPS) is 18.9. The molecule has 2 aromatic rings. The zero-order valence-corrected chi connectivity index (χ0v) is 19.1. The molecule has 0 bridgehead atoms. The molecular weight excluding hydrogens is 441 g/mol. The summed E-state index contributed by atoms with van der Waals surface area (Å²) in [5.74, 6) is -1.05. The minimum absolute atomic E-state index is 0.109. The van der Waals surface area contributed by atoms with Gasteiger partial charge in [-0.05, 0) is 55.5 Å². The molecule has 1 atom stereocenters. The van der Waals surface area contributed by atoms with Crippen molar-refractivity contribution >= 4 is 23.4 Å². The molecule has 2 heterocycles. The Kier molecular flexibility index (Phi) is 7.54. The molecule has 1 unspecified atom stereocenters. The number of benzene rings is 2. The Morgan fingerprint density at radius 3 is 2.41 bits per heavy atom. The van der Waals surface area contributed by atoms with Crippen LogP contribution in [0.25, 0.3) is 0 Å². The highest BCUT2D eigenvalue weighted by atomic mass is 19.1. The summed E-state index contributed by atoms with van der Waals surface area (Å²) in [6, 6.07) is 11.0. The van der Waals surface area contributed by atoms with E-state index in [1.54, 1.807) is 24.3 Å². The lowest BCUT2D eigenvalue weighted by Gasteiger charge is -2.32. The third kappa shape index (κ3) is 5.26. The van der Waals surface area contributed by atoms with Crippen molar-refractivity contribution in [2.24, 2.45) is 0 Å². The van der Waals surface area contributed by atoms with Crippen molar-refractivity contribution in [1.29, 1.82) is 0 Å². The Bertz CT molecular complexity index is 1020. The van der Waals surface area contributed by atoms with Crippen LogP contribution < -0.4 is 9.64 Å². The Hall–Kier alpha value is -3.30. The lowest BCUT2D eigenvalue weighted by molar-refractivity contribution is -0.122. The molecule has 2 aliphatic rings. The van der Waals surface area contributed by atoms with E-state index in [2.05, 4.69) is 4.90 Å². The summed E-state index contributed by atoms with van der Waals surface area (Å²) in [5.41, 5.74) is 0.700. The predicted octanol–water partition coefficient (Wildman–Crippen LogP) is 2.33. The van der Waals surface area contributed by atoms with Crippen LogP contribution in [0.4, 0.5) is 10.1 Å². The van der Waals surface area contributed by atoms with Crippen LogP contribution in [-0.4, -0.2) is 79.6 Å². The number of hydrogen-bond donors (Lipinski definition) is 0. The van der Waals surface area contributed by atoms with Crippen LogP contribution in [0, 0.1) is 5.82 Å². The number of rotatable bonds is 8. The molecule has 0 spiro atoms. The van der Waals surface area contributed by atoms with Crippen molar-refractivity contribution in [3.63, 3.8) is 0 Å². The first-order valence-electron chi connectivity index (χ1n) is 11.4.